The lowest BCUT2D eigenvalue weighted by Crippen LogP contribution is -2.61. The van der Waals surface area contributed by atoms with Gasteiger partial charge >= 0.3 is 0 Å². The van der Waals surface area contributed by atoms with E-state index in [0.717, 1.165) is 30.6 Å². The molecule has 0 aromatic heterocycles. The molecule has 4 saturated carbocycles. The van der Waals surface area contributed by atoms with Crippen molar-refractivity contribution in [3.63, 3.8) is 0 Å². The molecule has 6 unspecified atom stereocenters. The van der Waals surface area contributed by atoms with Gasteiger partial charge in [-0.3, -0.25) is 0 Å². The second-order valence-electron chi connectivity index (χ2n) is 13.9. The molecule has 4 nitrogen and oxygen atoms in total. The Morgan fingerprint density at radius 3 is 2.22 bits per heavy atom. The summed E-state index contributed by atoms with van der Waals surface area (Å²) in [5.41, 5.74) is 1.82. The highest BCUT2D eigenvalue weighted by Crippen LogP contribution is 2.66. The van der Waals surface area contributed by atoms with E-state index < -0.39 is 16.6 Å². The number of fused-ring (bicyclic) bond motifs is 5. The Bertz CT molecular complexity index is 730. The summed E-state index contributed by atoms with van der Waals surface area (Å²) in [4.78, 5) is 5.31. The molecule has 0 aromatic rings. The maximum absolute atomic E-state index is 7.09. The molecule has 184 valence electrons. The van der Waals surface area contributed by atoms with Crippen LogP contribution in [0, 0.1) is 34.5 Å². The Balaban J connectivity index is 1.65. The fraction of sp³-hybridized carbons (Fsp3) is 0.962. The average Bonchev–Trinajstić information content (AvgIpc) is 2.95. The van der Waals surface area contributed by atoms with Gasteiger partial charge in [-0.2, -0.15) is 0 Å². The molecular formula is C26H49NO3Si2. The molecule has 4 fully saturated rings. The molecule has 4 aliphatic carbocycles. The van der Waals surface area contributed by atoms with Crippen molar-refractivity contribution in [3.05, 3.63) is 0 Å². The maximum atomic E-state index is 7.09. The van der Waals surface area contributed by atoms with E-state index >= 15 is 0 Å². The van der Waals surface area contributed by atoms with Crippen LogP contribution < -0.4 is 0 Å². The van der Waals surface area contributed by atoms with Crippen LogP contribution in [0.4, 0.5) is 0 Å². The van der Waals surface area contributed by atoms with Crippen molar-refractivity contribution in [1.82, 2.24) is 0 Å². The summed E-state index contributed by atoms with van der Waals surface area (Å²) in [7, 11) is -1.45. The minimum absolute atomic E-state index is 0.142. The number of hydrogen-bond acceptors (Lipinski definition) is 4. The third kappa shape index (κ3) is 4.55. The lowest BCUT2D eigenvalue weighted by atomic mass is 9.44. The zero-order chi connectivity index (χ0) is 23.5. The van der Waals surface area contributed by atoms with Crippen molar-refractivity contribution in [2.24, 2.45) is 39.7 Å². The van der Waals surface area contributed by atoms with E-state index in [4.69, 9.17) is 13.7 Å². The quantitative estimate of drug-likeness (QED) is 0.312. The van der Waals surface area contributed by atoms with Gasteiger partial charge in [-0.05, 0) is 120 Å². The average molecular weight is 480 g/mol. The maximum Gasteiger partial charge on any atom is 0.184 e. The summed E-state index contributed by atoms with van der Waals surface area (Å²) in [6.45, 7) is 19.3. The van der Waals surface area contributed by atoms with E-state index in [1.165, 1.54) is 44.2 Å². The number of rotatable bonds is 5. The van der Waals surface area contributed by atoms with Crippen LogP contribution in [0.15, 0.2) is 5.16 Å². The van der Waals surface area contributed by atoms with Gasteiger partial charge in [0.15, 0.2) is 16.6 Å². The Labute approximate surface area is 199 Å². The Morgan fingerprint density at radius 1 is 0.906 bits per heavy atom. The summed E-state index contributed by atoms with van der Waals surface area (Å²) in [5, 5.41) is 4.55. The first-order valence-corrected chi connectivity index (χ1v) is 20.0. The molecule has 0 bridgehead atoms. The molecular weight excluding hydrogens is 430 g/mol. The van der Waals surface area contributed by atoms with E-state index in [9.17, 15) is 0 Å². The summed E-state index contributed by atoms with van der Waals surface area (Å²) in [6, 6.07) is 0. The molecule has 32 heavy (non-hydrogen) atoms. The molecule has 0 aliphatic heterocycles. The van der Waals surface area contributed by atoms with Crippen LogP contribution in [-0.2, 0) is 13.7 Å². The third-order valence-corrected chi connectivity index (χ3v) is 11.5. The van der Waals surface area contributed by atoms with Crippen LogP contribution >= 0.6 is 0 Å². The monoisotopic (exact) mass is 479 g/mol. The molecule has 0 heterocycles. The Kier molecular flexibility index (Phi) is 6.62. The highest BCUT2D eigenvalue weighted by molar-refractivity contribution is 6.70. The van der Waals surface area contributed by atoms with Gasteiger partial charge in [-0.25, -0.2) is 0 Å². The van der Waals surface area contributed by atoms with E-state index in [1.54, 1.807) is 7.11 Å². The first-order chi connectivity index (χ1) is 14.8. The highest BCUT2D eigenvalue weighted by atomic mass is 28.4. The predicted molar refractivity (Wildman–Crippen MR) is 138 cm³/mol. The molecule has 0 radical (unpaired) electrons. The van der Waals surface area contributed by atoms with Gasteiger partial charge in [0, 0.05) is 17.6 Å². The first-order valence-electron chi connectivity index (χ1n) is 13.2. The molecule has 0 saturated heterocycles. The highest BCUT2D eigenvalue weighted by Gasteiger charge is 2.63. The Morgan fingerprint density at radius 2 is 1.59 bits per heavy atom. The van der Waals surface area contributed by atoms with Crippen molar-refractivity contribution < 1.29 is 13.7 Å². The normalized spacial score (nSPS) is 45.8. The predicted octanol–water partition coefficient (Wildman–Crippen LogP) is 7.08. The van der Waals surface area contributed by atoms with Crippen LogP contribution in [0.2, 0.25) is 39.3 Å². The number of hydrogen-bond donors (Lipinski definition) is 0. The van der Waals surface area contributed by atoms with Crippen molar-refractivity contribution >= 4 is 22.3 Å². The minimum atomic E-state index is -1.66. The first kappa shape index (κ1) is 24.9. The van der Waals surface area contributed by atoms with Crippen LogP contribution in [0.1, 0.15) is 65.2 Å². The van der Waals surface area contributed by atoms with Gasteiger partial charge in [0.1, 0.15) is 7.11 Å². The molecule has 0 N–H and O–H groups in total. The smallest absolute Gasteiger partial charge is 0.184 e. The molecule has 4 rings (SSSR count). The van der Waals surface area contributed by atoms with E-state index in [-0.39, 0.29) is 5.41 Å². The number of oxime groups is 1. The van der Waals surface area contributed by atoms with Crippen molar-refractivity contribution in [2.45, 2.75) is 117 Å². The van der Waals surface area contributed by atoms with Crippen molar-refractivity contribution in [2.75, 3.05) is 7.11 Å². The van der Waals surface area contributed by atoms with Crippen molar-refractivity contribution in [3.8, 4) is 0 Å². The Hall–Kier alpha value is -0.176. The van der Waals surface area contributed by atoms with Gasteiger partial charge in [0.25, 0.3) is 0 Å². The van der Waals surface area contributed by atoms with Gasteiger partial charge in [-0.15, -0.1) is 0 Å². The molecule has 4 aliphatic rings. The van der Waals surface area contributed by atoms with E-state index in [1.807, 2.05) is 0 Å². The summed E-state index contributed by atoms with van der Waals surface area (Å²) in [6.07, 6.45) is 10.9. The summed E-state index contributed by atoms with van der Waals surface area (Å²) in [5.74, 6) is 2.96. The van der Waals surface area contributed by atoms with Crippen LogP contribution in [0.3, 0.4) is 0 Å². The summed E-state index contributed by atoms with van der Waals surface area (Å²) >= 11 is 0. The molecule has 6 heteroatoms. The second-order valence-corrected chi connectivity index (χ2v) is 22.8. The fourth-order valence-electron chi connectivity index (χ4n) is 8.53. The van der Waals surface area contributed by atoms with E-state index in [2.05, 4.69) is 58.3 Å². The van der Waals surface area contributed by atoms with E-state index in [0.29, 0.717) is 23.5 Å². The third-order valence-electron chi connectivity index (χ3n) is 9.50. The minimum Gasteiger partial charge on any atom is -0.415 e. The second kappa shape index (κ2) is 8.49. The van der Waals surface area contributed by atoms with Gasteiger partial charge < -0.3 is 13.7 Å². The van der Waals surface area contributed by atoms with Gasteiger partial charge in [0.05, 0.1) is 5.71 Å². The fourth-order valence-corrected chi connectivity index (χ4v) is 10.9. The zero-order valence-electron chi connectivity index (χ0n) is 22.3. The summed E-state index contributed by atoms with van der Waals surface area (Å²) < 4.78 is 13.7. The number of nitrogens with zero attached hydrogens (tertiary/aromatic N) is 1. The van der Waals surface area contributed by atoms with Gasteiger partial charge in [0.2, 0.25) is 0 Å². The van der Waals surface area contributed by atoms with Crippen molar-refractivity contribution in [1.29, 1.82) is 0 Å². The lowest BCUT2D eigenvalue weighted by molar-refractivity contribution is -0.157. The molecule has 8 atom stereocenters. The van der Waals surface area contributed by atoms with Crippen LogP contribution in [0.25, 0.3) is 0 Å². The largest absolute Gasteiger partial charge is 0.415 e. The lowest BCUT2D eigenvalue weighted by Gasteiger charge is -2.63. The standard InChI is InChI=1S/C26H49NO3Si2/c1-25-15-14-19(29-31(4,5)6)16-18(25)10-11-20-21-12-13-23(27-28-3)26(21,2)17-22(24(20)25)30-32(7,8)9/h18-22,24H,10-17H2,1-9H3/b27-23-/t18-,19+,20?,21?,22?,24?,25?,26?/m0/s1. The van der Waals surface area contributed by atoms with Gasteiger partial charge in [-0.1, -0.05) is 19.0 Å². The SMILES string of the molecule is CO/N=C1/CCC2C3CC[C@H]4C[C@H](O[Si](C)(C)C)CCC4(C)C3C(O[Si](C)(C)C)CC12C. The van der Waals surface area contributed by atoms with Crippen LogP contribution in [0.5, 0.6) is 0 Å². The molecule has 0 amide bonds. The topological polar surface area (TPSA) is 40.0 Å². The molecule has 0 aromatic carbocycles. The molecule has 0 spiro atoms. The van der Waals surface area contributed by atoms with Crippen LogP contribution in [-0.4, -0.2) is 41.7 Å². The zero-order valence-corrected chi connectivity index (χ0v) is 24.3.